The summed E-state index contributed by atoms with van der Waals surface area (Å²) in [7, 11) is 0. The molecule has 0 unspecified atom stereocenters. The summed E-state index contributed by atoms with van der Waals surface area (Å²) in [5.41, 5.74) is 26.7. The van der Waals surface area contributed by atoms with Crippen LogP contribution in [0.1, 0.15) is 0 Å². The highest BCUT2D eigenvalue weighted by Crippen LogP contribution is 2.45. The van der Waals surface area contributed by atoms with Crippen molar-refractivity contribution in [3.63, 3.8) is 0 Å². The van der Waals surface area contributed by atoms with E-state index >= 15 is 0 Å². The summed E-state index contributed by atoms with van der Waals surface area (Å²) in [5, 5.41) is 23.1. The van der Waals surface area contributed by atoms with Crippen molar-refractivity contribution in [3.05, 3.63) is 540 Å². The largest absolute Gasteiger partial charge is 0.228 e. The third-order valence-corrected chi connectivity index (χ3v) is 27.6. The van der Waals surface area contributed by atoms with Crippen LogP contribution in [-0.2, 0) is 0 Å². The van der Waals surface area contributed by atoms with Crippen LogP contribution >= 0.6 is 0 Å². The highest BCUT2D eigenvalue weighted by molar-refractivity contribution is 6.28. The second-order valence-electron chi connectivity index (χ2n) is 36.5. The van der Waals surface area contributed by atoms with Gasteiger partial charge >= 0.3 is 0 Å². The number of aromatic nitrogens is 7. The number of fused-ring (bicyclic) bond motifs is 18. The molecular formula is C137H89N7. The van der Waals surface area contributed by atoms with Crippen molar-refractivity contribution in [2.24, 2.45) is 0 Å². The lowest BCUT2D eigenvalue weighted by Crippen LogP contribution is -2.00. The Morgan fingerprint density at radius 1 is 0.0764 bits per heavy atom. The van der Waals surface area contributed by atoms with Crippen LogP contribution in [0.2, 0.25) is 0 Å². The van der Waals surface area contributed by atoms with E-state index in [9.17, 15) is 0 Å². The molecule has 27 rings (SSSR count). The van der Waals surface area contributed by atoms with Gasteiger partial charge in [0.2, 0.25) is 0 Å². The Labute approximate surface area is 834 Å². The SMILES string of the molecule is c1ccc(-c2cc(-c3cccc(-c4cccc(-c5ccc6c7ccccc7c7ccccc7c6c5)c4)c3)nc(-c3ccccc3)n2)cc1.c1ccc(-c2cc(-c3ccccc3)nc(-c3cccc(-c4cccc(-c5ccc6c7ccccc7c7ccccc7c6c5)c4)c3)n2)cc1.c1ccc(-c2nc(-c3ccccc3)nc(-c3cccc(-c4cccc(-c5ccc6c7ccccc7c7ccccc7c6c5)c4)c3)n2)cc1. The van der Waals surface area contributed by atoms with E-state index in [4.69, 9.17) is 34.9 Å². The molecule has 0 spiro atoms. The molecule has 144 heavy (non-hydrogen) atoms. The third kappa shape index (κ3) is 17.2. The van der Waals surface area contributed by atoms with Gasteiger partial charge in [0.05, 0.1) is 22.8 Å². The topological polar surface area (TPSA) is 90.2 Å². The Morgan fingerprint density at radius 3 is 0.465 bits per heavy atom. The summed E-state index contributed by atoms with van der Waals surface area (Å²) >= 11 is 0. The Hall–Kier alpha value is -19.2. The van der Waals surface area contributed by atoms with Gasteiger partial charge in [0, 0.05) is 50.1 Å². The highest BCUT2D eigenvalue weighted by Gasteiger charge is 2.21. The number of benzene rings is 24. The number of nitrogens with zero attached hydrogens (tertiary/aromatic N) is 7. The zero-order valence-corrected chi connectivity index (χ0v) is 78.5. The van der Waals surface area contributed by atoms with Crippen LogP contribution in [0.15, 0.2) is 540 Å². The molecule has 0 atom stereocenters. The summed E-state index contributed by atoms with van der Waals surface area (Å²) < 4.78 is 0. The first-order chi connectivity index (χ1) is 71.3. The van der Waals surface area contributed by atoms with Crippen LogP contribution < -0.4 is 0 Å². The van der Waals surface area contributed by atoms with Crippen molar-refractivity contribution in [1.29, 1.82) is 0 Å². The molecule has 0 aliphatic heterocycles. The molecular weight excluding hydrogens is 1740 g/mol. The summed E-state index contributed by atoms with van der Waals surface area (Å²) in [4.78, 5) is 34.9. The molecule has 0 aliphatic carbocycles. The van der Waals surface area contributed by atoms with Gasteiger partial charge in [-0.1, -0.05) is 473 Å². The molecule has 0 aliphatic rings. The number of hydrogen-bond acceptors (Lipinski definition) is 7. The maximum absolute atomic E-state index is 5.06. The molecule has 0 saturated heterocycles. The predicted octanol–water partition coefficient (Wildman–Crippen LogP) is 36.2. The first-order valence-electron chi connectivity index (χ1n) is 48.9. The van der Waals surface area contributed by atoms with E-state index in [0.717, 1.165) is 106 Å². The maximum Gasteiger partial charge on any atom is 0.164 e. The smallest absolute Gasteiger partial charge is 0.164 e. The summed E-state index contributed by atoms with van der Waals surface area (Å²) in [6, 6.07) is 191. The minimum atomic E-state index is 0.648. The van der Waals surface area contributed by atoms with Gasteiger partial charge in [0.1, 0.15) is 0 Å². The Kier molecular flexibility index (Phi) is 23.0. The van der Waals surface area contributed by atoms with Crippen LogP contribution in [0, 0.1) is 0 Å². The normalized spacial score (nSPS) is 11.3. The van der Waals surface area contributed by atoms with Crippen molar-refractivity contribution in [2.45, 2.75) is 0 Å². The lowest BCUT2D eigenvalue weighted by atomic mass is 9.91. The van der Waals surface area contributed by atoms with Gasteiger partial charge in [-0.25, -0.2) is 34.9 Å². The van der Waals surface area contributed by atoms with Crippen molar-refractivity contribution in [1.82, 2.24) is 34.9 Å². The van der Waals surface area contributed by atoms with Crippen LogP contribution in [-0.4, -0.2) is 34.9 Å². The quantitative estimate of drug-likeness (QED) is 0.0945. The molecule has 0 N–H and O–H groups in total. The van der Waals surface area contributed by atoms with Crippen molar-refractivity contribution in [2.75, 3.05) is 0 Å². The van der Waals surface area contributed by atoms with E-state index in [1.807, 2.05) is 133 Å². The molecule has 0 radical (unpaired) electrons. The van der Waals surface area contributed by atoms with E-state index in [1.165, 1.54) is 136 Å². The molecule has 3 aromatic heterocycles. The first kappa shape index (κ1) is 86.4. The maximum atomic E-state index is 5.06. The second-order valence-corrected chi connectivity index (χ2v) is 36.5. The molecule has 672 valence electrons. The summed E-state index contributed by atoms with van der Waals surface area (Å²) in [6.07, 6.45) is 0. The van der Waals surface area contributed by atoms with Crippen LogP contribution in [0.4, 0.5) is 0 Å². The zero-order valence-electron chi connectivity index (χ0n) is 78.5. The average molecular weight is 1830 g/mol. The fourth-order valence-corrected chi connectivity index (χ4v) is 20.5. The minimum absolute atomic E-state index is 0.648. The zero-order chi connectivity index (χ0) is 95.6. The van der Waals surface area contributed by atoms with Gasteiger partial charge in [-0.05, 0) is 230 Å². The molecule has 3 heterocycles. The van der Waals surface area contributed by atoms with Crippen LogP contribution in [0.25, 0.3) is 266 Å². The van der Waals surface area contributed by atoms with Gasteiger partial charge < -0.3 is 0 Å². The lowest BCUT2D eigenvalue weighted by Gasteiger charge is -2.13. The lowest BCUT2D eigenvalue weighted by molar-refractivity contribution is 1.07. The Balaban J connectivity index is 0.000000113. The van der Waals surface area contributed by atoms with Crippen LogP contribution in [0.5, 0.6) is 0 Å². The van der Waals surface area contributed by atoms with Gasteiger partial charge in [-0.2, -0.15) is 0 Å². The number of hydrogen-bond donors (Lipinski definition) is 0. The van der Waals surface area contributed by atoms with Crippen LogP contribution in [0.3, 0.4) is 0 Å². The van der Waals surface area contributed by atoms with E-state index in [0.29, 0.717) is 23.3 Å². The van der Waals surface area contributed by atoms with E-state index < -0.39 is 0 Å². The van der Waals surface area contributed by atoms with E-state index in [-0.39, 0.29) is 0 Å². The molecule has 7 heteroatoms. The molecule has 0 bridgehead atoms. The second kappa shape index (κ2) is 38.3. The minimum Gasteiger partial charge on any atom is -0.228 e. The summed E-state index contributed by atoms with van der Waals surface area (Å²) in [5.74, 6) is 3.39. The van der Waals surface area contributed by atoms with Gasteiger partial charge in [0.15, 0.2) is 29.1 Å². The fourth-order valence-electron chi connectivity index (χ4n) is 20.5. The number of rotatable bonds is 15. The van der Waals surface area contributed by atoms with Gasteiger partial charge in [-0.3, -0.25) is 0 Å². The standard InChI is InChI=1S/2C46H30N2.C45H29N3/c1-3-13-31(14-4-1)44-30-45(48-46(47-44)32-15-5-2-6-16-32)37-20-12-19-35(28-37)33-17-11-18-34(27-33)36-25-26-42-40-23-8-7-21-38(40)39-22-9-10-24-41(39)43(42)29-36;1-3-13-31(14-4-1)44-30-45(32-15-5-2-6-16-32)48-46(47-44)37-20-12-19-35(28-37)33-17-11-18-34(27-33)36-25-26-42-40-23-8-7-21-38(40)39-22-9-10-24-41(39)43(42)29-36;1-3-13-30(14-4-1)43-46-44(31-15-5-2-6-16-31)48-45(47-43)36-20-12-19-34(28-36)32-17-11-18-33(27-32)35-25-26-41-39-23-8-7-21-37(39)38-22-9-10-24-40(38)42(41)29-35/h2*1-30H;1-29H. The Morgan fingerprint density at radius 2 is 0.222 bits per heavy atom. The Bertz CT molecular complexity index is 8420. The van der Waals surface area contributed by atoms with Gasteiger partial charge in [0.25, 0.3) is 0 Å². The van der Waals surface area contributed by atoms with Gasteiger partial charge in [-0.15, -0.1) is 0 Å². The summed E-state index contributed by atoms with van der Waals surface area (Å²) in [6.45, 7) is 0. The van der Waals surface area contributed by atoms with Crippen molar-refractivity contribution >= 4 is 97.0 Å². The van der Waals surface area contributed by atoms with Crippen molar-refractivity contribution in [3.8, 4) is 169 Å². The molecule has 24 aromatic carbocycles. The predicted molar refractivity (Wildman–Crippen MR) is 603 cm³/mol. The van der Waals surface area contributed by atoms with Crippen molar-refractivity contribution < 1.29 is 0 Å². The molecule has 27 aromatic rings. The average Bonchev–Trinajstić information content (AvgIpc) is 0.746. The monoisotopic (exact) mass is 1830 g/mol. The third-order valence-electron chi connectivity index (χ3n) is 27.6. The fraction of sp³-hybridized carbons (Fsp3) is 0. The van der Waals surface area contributed by atoms with E-state index in [1.54, 1.807) is 0 Å². The highest BCUT2D eigenvalue weighted by atomic mass is 15.0. The van der Waals surface area contributed by atoms with E-state index in [2.05, 4.69) is 406 Å². The molecule has 0 saturated carbocycles. The first-order valence-corrected chi connectivity index (χ1v) is 48.9. The molecule has 7 nitrogen and oxygen atoms in total. The molecule has 0 amide bonds. The molecule has 0 fully saturated rings.